The van der Waals surface area contributed by atoms with E-state index in [1.165, 1.54) is 5.56 Å². The number of ether oxygens (including phenoxy) is 1. The average molecular weight is 207 g/mol. The Hall–Kier alpha value is -1.00. The third-order valence-corrected chi connectivity index (χ3v) is 2.63. The van der Waals surface area contributed by atoms with E-state index in [1.54, 1.807) is 0 Å². The fourth-order valence-electron chi connectivity index (χ4n) is 1.87. The molecule has 1 aromatic rings. The van der Waals surface area contributed by atoms with Gasteiger partial charge in [-0.25, -0.2) is 9.97 Å². The van der Waals surface area contributed by atoms with Crippen molar-refractivity contribution in [2.45, 2.75) is 33.4 Å². The van der Waals surface area contributed by atoms with E-state index in [2.05, 4.69) is 22.2 Å². The summed E-state index contributed by atoms with van der Waals surface area (Å²) < 4.78 is 5.32. The van der Waals surface area contributed by atoms with Gasteiger partial charge in [-0.3, -0.25) is 0 Å². The minimum atomic E-state index is 0.518. The fraction of sp³-hybridized carbons (Fsp3) is 0.636. The molecular weight excluding hydrogens is 190 g/mol. The topological polar surface area (TPSA) is 47.0 Å². The van der Waals surface area contributed by atoms with Crippen LogP contribution in [0.15, 0.2) is 0 Å². The van der Waals surface area contributed by atoms with E-state index in [0.717, 1.165) is 36.7 Å². The van der Waals surface area contributed by atoms with Crippen molar-refractivity contribution in [2.24, 2.45) is 0 Å². The van der Waals surface area contributed by atoms with Crippen LogP contribution < -0.4 is 5.32 Å². The maximum Gasteiger partial charge on any atom is 0.154 e. The van der Waals surface area contributed by atoms with Gasteiger partial charge in [-0.1, -0.05) is 0 Å². The summed E-state index contributed by atoms with van der Waals surface area (Å²) in [4.78, 5) is 8.97. The normalized spacial score (nSPS) is 15.1. The molecule has 2 rings (SSSR count). The van der Waals surface area contributed by atoms with Crippen molar-refractivity contribution in [1.29, 1.82) is 0 Å². The molecule has 4 nitrogen and oxygen atoms in total. The van der Waals surface area contributed by atoms with Gasteiger partial charge in [-0.15, -0.1) is 0 Å². The average Bonchev–Trinajstić information content (AvgIpc) is 2.26. The first-order valence-corrected chi connectivity index (χ1v) is 5.45. The number of rotatable bonds is 3. The zero-order valence-electron chi connectivity index (χ0n) is 9.34. The predicted octanol–water partition coefficient (Wildman–Crippen LogP) is 0.967. The highest BCUT2D eigenvalue weighted by Gasteiger charge is 2.14. The molecule has 0 aliphatic carbocycles. The monoisotopic (exact) mass is 207 g/mol. The number of hydrogen-bond acceptors (Lipinski definition) is 4. The SMILES string of the molecule is CCOCc1nc(C)c2c(n1)CNCC2. The second kappa shape index (κ2) is 4.68. The molecule has 0 atom stereocenters. The van der Waals surface area contributed by atoms with E-state index in [9.17, 15) is 0 Å². The van der Waals surface area contributed by atoms with Crippen LogP contribution in [0.5, 0.6) is 0 Å². The molecule has 0 fully saturated rings. The molecule has 1 N–H and O–H groups in total. The van der Waals surface area contributed by atoms with Crippen LogP contribution >= 0.6 is 0 Å². The Labute approximate surface area is 90.1 Å². The van der Waals surface area contributed by atoms with Gasteiger partial charge in [0.05, 0.1) is 5.69 Å². The smallest absolute Gasteiger partial charge is 0.154 e. The van der Waals surface area contributed by atoms with Gasteiger partial charge in [0.15, 0.2) is 5.82 Å². The van der Waals surface area contributed by atoms with E-state index in [1.807, 2.05) is 6.92 Å². The summed E-state index contributed by atoms with van der Waals surface area (Å²) in [5.74, 6) is 0.803. The van der Waals surface area contributed by atoms with Crippen LogP contribution in [0.2, 0.25) is 0 Å². The lowest BCUT2D eigenvalue weighted by molar-refractivity contribution is 0.128. The van der Waals surface area contributed by atoms with Gasteiger partial charge < -0.3 is 10.1 Å². The highest BCUT2D eigenvalue weighted by Crippen LogP contribution is 2.15. The molecule has 0 amide bonds. The molecule has 0 unspecified atom stereocenters. The van der Waals surface area contributed by atoms with E-state index in [0.29, 0.717) is 13.2 Å². The van der Waals surface area contributed by atoms with Crippen molar-refractivity contribution in [3.05, 3.63) is 22.8 Å². The van der Waals surface area contributed by atoms with Gasteiger partial charge in [0.25, 0.3) is 0 Å². The molecule has 1 aliphatic heterocycles. The summed E-state index contributed by atoms with van der Waals surface area (Å²) >= 11 is 0. The number of nitrogens with zero attached hydrogens (tertiary/aromatic N) is 2. The number of aromatic nitrogens is 2. The molecule has 0 bridgehead atoms. The van der Waals surface area contributed by atoms with Crippen molar-refractivity contribution in [3.63, 3.8) is 0 Å². The highest BCUT2D eigenvalue weighted by atomic mass is 16.5. The molecule has 0 saturated carbocycles. The number of fused-ring (bicyclic) bond motifs is 1. The Balaban J connectivity index is 2.24. The molecule has 1 aromatic heterocycles. The number of hydrogen-bond donors (Lipinski definition) is 1. The summed E-state index contributed by atoms with van der Waals surface area (Å²) in [6.45, 7) is 7.15. The van der Waals surface area contributed by atoms with Crippen LogP contribution in [0, 0.1) is 6.92 Å². The highest BCUT2D eigenvalue weighted by molar-refractivity contribution is 5.27. The Kier molecular flexibility index (Phi) is 3.28. The lowest BCUT2D eigenvalue weighted by atomic mass is 10.1. The first kappa shape index (κ1) is 10.5. The second-order valence-corrected chi connectivity index (χ2v) is 3.71. The van der Waals surface area contributed by atoms with Crippen LogP contribution in [-0.2, 0) is 24.3 Å². The first-order valence-electron chi connectivity index (χ1n) is 5.45. The van der Waals surface area contributed by atoms with E-state index < -0.39 is 0 Å². The zero-order valence-corrected chi connectivity index (χ0v) is 9.34. The zero-order chi connectivity index (χ0) is 10.7. The Morgan fingerprint density at radius 2 is 2.27 bits per heavy atom. The van der Waals surface area contributed by atoms with Crippen LogP contribution in [0.3, 0.4) is 0 Å². The largest absolute Gasteiger partial charge is 0.374 e. The van der Waals surface area contributed by atoms with Crippen molar-refractivity contribution in [2.75, 3.05) is 13.2 Å². The molecule has 0 spiro atoms. The van der Waals surface area contributed by atoms with Gasteiger partial charge in [0, 0.05) is 18.8 Å². The molecular formula is C11H17N3O. The number of nitrogens with one attached hydrogen (secondary N) is 1. The summed E-state index contributed by atoms with van der Waals surface area (Å²) in [7, 11) is 0. The van der Waals surface area contributed by atoms with Gasteiger partial charge in [0.1, 0.15) is 6.61 Å². The first-order chi connectivity index (χ1) is 7.31. The summed E-state index contributed by atoms with van der Waals surface area (Å²) in [5.41, 5.74) is 3.56. The van der Waals surface area contributed by atoms with Gasteiger partial charge in [-0.05, 0) is 32.4 Å². The number of aryl methyl sites for hydroxylation is 1. The molecule has 15 heavy (non-hydrogen) atoms. The molecule has 0 radical (unpaired) electrons. The Morgan fingerprint density at radius 1 is 1.40 bits per heavy atom. The van der Waals surface area contributed by atoms with Crippen LogP contribution in [-0.4, -0.2) is 23.1 Å². The van der Waals surface area contributed by atoms with Gasteiger partial charge in [0.2, 0.25) is 0 Å². The van der Waals surface area contributed by atoms with Crippen LogP contribution in [0.4, 0.5) is 0 Å². The second-order valence-electron chi connectivity index (χ2n) is 3.71. The summed E-state index contributed by atoms with van der Waals surface area (Å²) in [5, 5.41) is 3.32. The van der Waals surface area contributed by atoms with E-state index >= 15 is 0 Å². The molecule has 4 heteroatoms. The van der Waals surface area contributed by atoms with Gasteiger partial charge in [-0.2, -0.15) is 0 Å². The Morgan fingerprint density at radius 3 is 3.07 bits per heavy atom. The Bertz CT molecular complexity index is 352. The minimum absolute atomic E-state index is 0.518. The summed E-state index contributed by atoms with van der Waals surface area (Å²) in [6.07, 6.45) is 1.04. The van der Waals surface area contributed by atoms with Crippen LogP contribution in [0.25, 0.3) is 0 Å². The molecule has 0 aromatic carbocycles. The maximum absolute atomic E-state index is 5.32. The lowest BCUT2D eigenvalue weighted by Crippen LogP contribution is -2.26. The van der Waals surface area contributed by atoms with Crippen LogP contribution in [0.1, 0.15) is 29.7 Å². The maximum atomic E-state index is 5.32. The molecule has 1 aliphatic rings. The fourth-order valence-corrected chi connectivity index (χ4v) is 1.87. The molecule has 2 heterocycles. The summed E-state index contributed by atoms with van der Waals surface area (Å²) in [6, 6.07) is 0. The van der Waals surface area contributed by atoms with E-state index in [4.69, 9.17) is 4.74 Å². The minimum Gasteiger partial charge on any atom is -0.374 e. The molecule has 82 valence electrons. The third-order valence-electron chi connectivity index (χ3n) is 2.63. The van der Waals surface area contributed by atoms with Crippen molar-refractivity contribution in [1.82, 2.24) is 15.3 Å². The van der Waals surface area contributed by atoms with E-state index in [-0.39, 0.29) is 0 Å². The van der Waals surface area contributed by atoms with Crippen molar-refractivity contribution >= 4 is 0 Å². The molecule has 0 saturated heterocycles. The standard InChI is InChI=1S/C11H17N3O/c1-3-15-7-11-13-8(2)9-4-5-12-6-10(9)14-11/h12H,3-7H2,1-2H3. The quantitative estimate of drug-likeness (QED) is 0.802. The van der Waals surface area contributed by atoms with Crippen molar-refractivity contribution in [3.8, 4) is 0 Å². The third kappa shape index (κ3) is 2.33. The van der Waals surface area contributed by atoms with Crippen molar-refractivity contribution < 1.29 is 4.74 Å². The predicted molar refractivity (Wildman–Crippen MR) is 57.5 cm³/mol. The van der Waals surface area contributed by atoms with Gasteiger partial charge >= 0.3 is 0 Å². The lowest BCUT2D eigenvalue weighted by Gasteiger charge is -2.18.